The van der Waals surface area contributed by atoms with Crippen molar-refractivity contribution in [1.29, 1.82) is 0 Å². The van der Waals surface area contributed by atoms with Crippen LogP contribution in [0.3, 0.4) is 0 Å². The molecule has 4 aromatic rings. The molecule has 0 spiro atoms. The Morgan fingerprint density at radius 3 is 2.46 bits per heavy atom. The van der Waals surface area contributed by atoms with Crippen LogP contribution in [0, 0.1) is 0 Å². The highest BCUT2D eigenvalue weighted by atomic mass is 35.5. The first-order valence-corrected chi connectivity index (χ1v) is 14.1. The maximum Gasteiger partial charge on any atom is 0.228 e. The van der Waals surface area contributed by atoms with E-state index >= 15 is 0 Å². The Morgan fingerprint density at radius 2 is 1.79 bits per heavy atom. The number of aromatic nitrogens is 4. The molecule has 0 amide bonds. The summed E-state index contributed by atoms with van der Waals surface area (Å²) >= 11 is 6.55. The Balaban J connectivity index is 1.37. The standard InChI is InChI=1S/C30H36ClN7O/c1-5-24(6-2)38-26-9-8-22(15-23(26)16-27(38)20(3)39)29-25(31)18-33-30(35-29)34-28-10-7-21(17-32-28)19-37-13-11-36(4)12-14-37/h7-10,15-18,24H,5-6,11-14,19H2,1-4H3,(H,32,33,34,35). The molecule has 0 bridgehead atoms. The van der Waals surface area contributed by atoms with Gasteiger partial charge in [-0.1, -0.05) is 37.6 Å². The first-order chi connectivity index (χ1) is 18.9. The molecule has 5 rings (SSSR count). The van der Waals surface area contributed by atoms with Gasteiger partial charge in [-0.05, 0) is 49.7 Å². The molecule has 1 aromatic carbocycles. The average molecular weight is 546 g/mol. The van der Waals surface area contributed by atoms with Crippen LogP contribution in [0.25, 0.3) is 22.2 Å². The zero-order valence-corrected chi connectivity index (χ0v) is 23.9. The van der Waals surface area contributed by atoms with E-state index in [0.29, 0.717) is 22.5 Å². The molecule has 9 heteroatoms. The minimum Gasteiger partial charge on any atom is -0.335 e. The smallest absolute Gasteiger partial charge is 0.228 e. The molecule has 0 atom stereocenters. The average Bonchev–Trinajstić information content (AvgIpc) is 3.32. The molecule has 0 aliphatic carbocycles. The van der Waals surface area contributed by atoms with Crippen molar-refractivity contribution >= 4 is 40.1 Å². The zero-order chi connectivity index (χ0) is 27.5. The number of rotatable bonds is 9. The first-order valence-electron chi connectivity index (χ1n) is 13.7. The van der Waals surface area contributed by atoms with Crippen LogP contribution in [0.5, 0.6) is 0 Å². The molecular formula is C30H36ClN7O. The van der Waals surface area contributed by atoms with E-state index < -0.39 is 0 Å². The van der Waals surface area contributed by atoms with E-state index in [2.05, 4.69) is 62.7 Å². The van der Waals surface area contributed by atoms with Crippen molar-refractivity contribution in [2.24, 2.45) is 0 Å². The van der Waals surface area contributed by atoms with Gasteiger partial charge in [0.25, 0.3) is 0 Å². The molecule has 1 N–H and O–H groups in total. The van der Waals surface area contributed by atoms with Gasteiger partial charge in [-0.15, -0.1) is 0 Å². The number of piperazine rings is 1. The number of benzene rings is 1. The number of anilines is 2. The second-order valence-electron chi connectivity index (χ2n) is 10.3. The Bertz CT molecular complexity index is 1450. The number of ketones is 1. The number of hydrogen-bond donors (Lipinski definition) is 1. The molecule has 204 valence electrons. The van der Waals surface area contributed by atoms with Crippen LogP contribution < -0.4 is 5.32 Å². The summed E-state index contributed by atoms with van der Waals surface area (Å²) in [5.74, 6) is 1.16. The summed E-state index contributed by atoms with van der Waals surface area (Å²) in [6.07, 6.45) is 5.43. The topological polar surface area (TPSA) is 79.2 Å². The molecule has 0 radical (unpaired) electrons. The van der Waals surface area contributed by atoms with Gasteiger partial charge in [-0.3, -0.25) is 9.69 Å². The molecule has 8 nitrogen and oxygen atoms in total. The monoisotopic (exact) mass is 545 g/mol. The molecule has 39 heavy (non-hydrogen) atoms. The highest BCUT2D eigenvalue weighted by Gasteiger charge is 2.19. The molecule has 1 saturated heterocycles. The number of Topliss-reactive ketones (excluding diaryl/α,β-unsaturated/α-hetero) is 1. The fourth-order valence-electron chi connectivity index (χ4n) is 5.30. The third-order valence-corrected chi connectivity index (χ3v) is 7.87. The second kappa shape index (κ2) is 11.8. The van der Waals surface area contributed by atoms with Gasteiger partial charge in [0.2, 0.25) is 5.95 Å². The number of pyridine rings is 1. The van der Waals surface area contributed by atoms with Crippen molar-refractivity contribution in [1.82, 2.24) is 29.3 Å². The molecule has 0 saturated carbocycles. The SMILES string of the molecule is CCC(CC)n1c(C(C)=O)cc2cc(-c3nc(Nc4ccc(CN5CCN(C)CC5)cn4)ncc3Cl)ccc21. The number of nitrogens with one attached hydrogen (secondary N) is 1. The lowest BCUT2D eigenvalue weighted by Crippen LogP contribution is -2.43. The first kappa shape index (κ1) is 27.2. The predicted octanol–water partition coefficient (Wildman–Crippen LogP) is 6.20. The Morgan fingerprint density at radius 1 is 1.03 bits per heavy atom. The van der Waals surface area contributed by atoms with Crippen molar-refractivity contribution in [3.05, 3.63) is 65.1 Å². The lowest BCUT2D eigenvalue weighted by molar-refractivity contribution is 0.100. The maximum atomic E-state index is 12.5. The van der Waals surface area contributed by atoms with E-state index in [1.54, 1.807) is 13.1 Å². The molecule has 4 heterocycles. The summed E-state index contributed by atoms with van der Waals surface area (Å²) in [7, 11) is 2.16. The predicted molar refractivity (Wildman–Crippen MR) is 158 cm³/mol. The number of carbonyl (C=O) groups is 1. The van der Waals surface area contributed by atoms with Crippen molar-refractivity contribution in [2.45, 2.75) is 46.2 Å². The summed E-state index contributed by atoms with van der Waals surface area (Å²) in [4.78, 5) is 30.9. The summed E-state index contributed by atoms with van der Waals surface area (Å²) in [5, 5.41) is 4.66. The second-order valence-corrected chi connectivity index (χ2v) is 10.8. The van der Waals surface area contributed by atoms with E-state index in [1.165, 1.54) is 5.56 Å². The largest absolute Gasteiger partial charge is 0.335 e. The van der Waals surface area contributed by atoms with Crippen LogP contribution in [-0.4, -0.2) is 68.3 Å². The number of nitrogens with zero attached hydrogens (tertiary/aromatic N) is 6. The fourth-order valence-corrected chi connectivity index (χ4v) is 5.50. The Kier molecular flexibility index (Phi) is 8.26. The van der Waals surface area contributed by atoms with Gasteiger partial charge in [0, 0.05) is 68.4 Å². The van der Waals surface area contributed by atoms with Crippen LogP contribution in [-0.2, 0) is 6.54 Å². The maximum absolute atomic E-state index is 12.5. The lowest BCUT2D eigenvalue weighted by atomic mass is 10.1. The van der Waals surface area contributed by atoms with Gasteiger partial charge in [0.1, 0.15) is 5.82 Å². The van der Waals surface area contributed by atoms with Gasteiger partial charge >= 0.3 is 0 Å². The van der Waals surface area contributed by atoms with Gasteiger partial charge in [0.15, 0.2) is 5.78 Å². The molecule has 3 aromatic heterocycles. The number of halogens is 1. The number of hydrogen-bond acceptors (Lipinski definition) is 7. The molecule has 1 aliphatic rings. The summed E-state index contributed by atoms with van der Waals surface area (Å²) in [6, 6.07) is 12.4. The Labute approximate surface area is 235 Å². The number of carbonyl (C=O) groups excluding carboxylic acids is 1. The van der Waals surface area contributed by atoms with Crippen LogP contribution in [0.15, 0.2) is 48.8 Å². The molecule has 1 fully saturated rings. The third-order valence-electron chi connectivity index (χ3n) is 7.59. The highest BCUT2D eigenvalue weighted by Crippen LogP contribution is 2.33. The normalized spacial score (nSPS) is 14.8. The highest BCUT2D eigenvalue weighted by molar-refractivity contribution is 6.33. The van der Waals surface area contributed by atoms with Crippen LogP contribution in [0.4, 0.5) is 11.8 Å². The van der Waals surface area contributed by atoms with Crippen molar-refractivity contribution in [3.63, 3.8) is 0 Å². The van der Waals surface area contributed by atoms with Crippen molar-refractivity contribution in [2.75, 3.05) is 38.5 Å². The van der Waals surface area contributed by atoms with Gasteiger partial charge in [0.05, 0.1) is 22.6 Å². The minimum absolute atomic E-state index is 0.0632. The van der Waals surface area contributed by atoms with E-state index in [-0.39, 0.29) is 11.8 Å². The van der Waals surface area contributed by atoms with E-state index in [9.17, 15) is 4.79 Å². The Hall–Kier alpha value is -3.33. The third kappa shape index (κ3) is 5.98. The zero-order valence-electron chi connectivity index (χ0n) is 23.1. The van der Waals surface area contributed by atoms with Gasteiger partial charge < -0.3 is 14.8 Å². The summed E-state index contributed by atoms with van der Waals surface area (Å²) < 4.78 is 2.18. The summed E-state index contributed by atoms with van der Waals surface area (Å²) in [6.45, 7) is 11.2. The van der Waals surface area contributed by atoms with Crippen LogP contribution >= 0.6 is 11.6 Å². The van der Waals surface area contributed by atoms with E-state index in [4.69, 9.17) is 16.6 Å². The summed E-state index contributed by atoms with van der Waals surface area (Å²) in [5.41, 5.74) is 4.45. The fraction of sp³-hybridized carbons (Fsp3) is 0.400. The van der Waals surface area contributed by atoms with Crippen LogP contribution in [0.2, 0.25) is 5.02 Å². The molecule has 1 aliphatic heterocycles. The van der Waals surface area contributed by atoms with Crippen LogP contribution in [0.1, 0.15) is 55.7 Å². The van der Waals surface area contributed by atoms with Crippen molar-refractivity contribution in [3.8, 4) is 11.3 Å². The van der Waals surface area contributed by atoms with E-state index in [0.717, 1.165) is 67.7 Å². The lowest BCUT2D eigenvalue weighted by Gasteiger charge is -2.32. The quantitative estimate of drug-likeness (QED) is 0.251. The van der Waals surface area contributed by atoms with Gasteiger partial charge in [-0.25, -0.2) is 15.0 Å². The number of likely N-dealkylation sites (N-methyl/N-ethyl adjacent to an activating group) is 1. The van der Waals surface area contributed by atoms with Crippen molar-refractivity contribution < 1.29 is 4.79 Å². The van der Waals surface area contributed by atoms with Gasteiger partial charge in [-0.2, -0.15) is 0 Å². The van der Waals surface area contributed by atoms with E-state index in [1.807, 2.05) is 30.5 Å². The number of fused-ring (bicyclic) bond motifs is 1. The molecule has 0 unspecified atom stereocenters. The minimum atomic E-state index is 0.0632. The molecular weight excluding hydrogens is 510 g/mol.